The Balaban J connectivity index is 2.13. The standard InChI is InChI=1S/C19H21BrN2O4/c1-12-5-7-15(16(9-12)22(24)25)21-18(23)11-26-17-8-6-13(20)10-14(17)19(2,3)4/h5-10H,11H2,1-4H3,(H,21,23). The van der Waals surface area contributed by atoms with Gasteiger partial charge in [0, 0.05) is 16.1 Å². The van der Waals surface area contributed by atoms with Crippen molar-refractivity contribution < 1.29 is 14.5 Å². The lowest BCUT2D eigenvalue weighted by molar-refractivity contribution is -0.384. The van der Waals surface area contributed by atoms with E-state index in [1.54, 1.807) is 19.1 Å². The van der Waals surface area contributed by atoms with Crippen LogP contribution in [0.25, 0.3) is 0 Å². The van der Waals surface area contributed by atoms with Crippen LogP contribution in [0.5, 0.6) is 5.75 Å². The van der Waals surface area contributed by atoms with Crippen LogP contribution in [0.1, 0.15) is 31.9 Å². The van der Waals surface area contributed by atoms with Crippen molar-refractivity contribution in [2.24, 2.45) is 0 Å². The van der Waals surface area contributed by atoms with Gasteiger partial charge in [0.1, 0.15) is 11.4 Å². The van der Waals surface area contributed by atoms with Gasteiger partial charge in [0.05, 0.1) is 4.92 Å². The molecule has 0 saturated heterocycles. The molecule has 0 saturated carbocycles. The van der Waals surface area contributed by atoms with Crippen molar-refractivity contribution in [2.45, 2.75) is 33.1 Å². The van der Waals surface area contributed by atoms with E-state index >= 15 is 0 Å². The minimum Gasteiger partial charge on any atom is -0.483 e. The van der Waals surface area contributed by atoms with E-state index in [4.69, 9.17) is 4.74 Å². The number of hydrogen-bond donors (Lipinski definition) is 1. The summed E-state index contributed by atoms with van der Waals surface area (Å²) in [7, 11) is 0. The Morgan fingerprint density at radius 1 is 1.23 bits per heavy atom. The number of nitro groups is 1. The van der Waals surface area contributed by atoms with Gasteiger partial charge in [-0.3, -0.25) is 14.9 Å². The second-order valence-electron chi connectivity index (χ2n) is 7.01. The zero-order valence-corrected chi connectivity index (χ0v) is 16.7. The van der Waals surface area contributed by atoms with Crippen molar-refractivity contribution in [3.8, 4) is 5.75 Å². The summed E-state index contributed by atoms with van der Waals surface area (Å²) >= 11 is 3.44. The minimum atomic E-state index is -0.518. The van der Waals surface area contributed by atoms with E-state index in [2.05, 4.69) is 42.0 Å². The zero-order valence-electron chi connectivity index (χ0n) is 15.1. The Labute approximate surface area is 160 Å². The molecule has 0 aliphatic heterocycles. The van der Waals surface area contributed by atoms with Gasteiger partial charge < -0.3 is 10.1 Å². The number of anilines is 1. The molecule has 0 spiro atoms. The molecule has 0 aliphatic carbocycles. The Morgan fingerprint density at radius 2 is 1.92 bits per heavy atom. The number of rotatable bonds is 5. The fraction of sp³-hybridized carbons (Fsp3) is 0.316. The Bertz CT molecular complexity index is 844. The number of carbonyl (C=O) groups excluding carboxylic acids is 1. The lowest BCUT2D eigenvalue weighted by Crippen LogP contribution is -2.22. The molecular formula is C19H21BrN2O4. The molecule has 7 heteroatoms. The zero-order chi connectivity index (χ0) is 19.5. The lowest BCUT2D eigenvalue weighted by atomic mass is 9.86. The summed E-state index contributed by atoms with van der Waals surface area (Å²) in [5, 5.41) is 13.7. The fourth-order valence-corrected chi connectivity index (χ4v) is 2.80. The third-order valence-electron chi connectivity index (χ3n) is 3.73. The summed E-state index contributed by atoms with van der Waals surface area (Å²) in [4.78, 5) is 22.8. The first-order valence-corrected chi connectivity index (χ1v) is 8.85. The first-order valence-electron chi connectivity index (χ1n) is 8.05. The predicted molar refractivity (Wildman–Crippen MR) is 105 cm³/mol. The van der Waals surface area contributed by atoms with Crippen molar-refractivity contribution in [3.63, 3.8) is 0 Å². The van der Waals surface area contributed by atoms with Crippen molar-refractivity contribution >= 4 is 33.2 Å². The summed E-state index contributed by atoms with van der Waals surface area (Å²) in [6, 6.07) is 10.2. The van der Waals surface area contributed by atoms with Crippen LogP contribution < -0.4 is 10.1 Å². The molecule has 2 aromatic carbocycles. The minimum absolute atomic E-state index is 0.141. The second-order valence-corrected chi connectivity index (χ2v) is 7.92. The molecule has 26 heavy (non-hydrogen) atoms. The number of nitro benzene ring substituents is 1. The summed E-state index contributed by atoms with van der Waals surface area (Å²) < 4.78 is 6.60. The number of carbonyl (C=O) groups is 1. The van der Waals surface area contributed by atoms with Crippen LogP contribution in [0.3, 0.4) is 0 Å². The molecule has 2 aromatic rings. The normalized spacial score (nSPS) is 11.1. The SMILES string of the molecule is Cc1ccc(NC(=O)COc2ccc(Br)cc2C(C)(C)C)c([N+](=O)[O-])c1. The first-order chi connectivity index (χ1) is 12.1. The van der Waals surface area contributed by atoms with Crippen LogP contribution >= 0.6 is 15.9 Å². The van der Waals surface area contributed by atoms with E-state index in [0.29, 0.717) is 5.75 Å². The van der Waals surface area contributed by atoms with Crippen LogP contribution in [0.2, 0.25) is 0 Å². The van der Waals surface area contributed by atoms with Crippen LogP contribution in [0.4, 0.5) is 11.4 Å². The molecule has 0 aliphatic rings. The second kappa shape index (κ2) is 7.86. The molecule has 0 unspecified atom stereocenters. The highest BCUT2D eigenvalue weighted by molar-refractivity contribution is 9.10. The average molecular weight is 421 g/mol. The maximum absolute atomic E-state index is 12.2. The highest BCUT2D eigenvalue weighted by Crippen LogP contribution is 2.33. The van der Waals surface area contributed by atoms with E-state index in [9.17, 15) is 14.9 Å². The molecule has 2 rings (SSSR count). The van der Waals surface area contributed by atoms with Gasteiger partial charge in [-0.1, -0.05) is 42.8 Å². The maximum Gasteiger partial charge on any atom is 0.293 e. The third kappa shape index (κ3) is 5.05. The van der Waals surface area contributed by atoms with Crippen LogP contribution in [-0.2, 0) is 10.2 Å². The molecular weight excluding hydrogens is 400 g/mol. The number of aryl methyl sites for hydroxylation is 1. The van der Waals surface area contributed by atoms with E-state index in [-0.39, 0.29) is 23.4 Å². The molecule has 1 amide bonds. The average Bonchev–Trinajstić information content (AvgIpc) is 2.54. The summed E-state index contributed by atoms with van der Waals surface area (Å²) in [6.07, 6.45) is 0. The largest absolute Gasteiger partial charge is 0.483 e. The van der Waals surface area contributed by atoms with Crippen LogP contribution in [0.15, 0.2) is 40.9 Å². The summed E-state index contributed by atoms with van der Waals surface area (Å²) in [5.41, 5.74) is 1.56. The highest BCUT2D eigenvalue weighted by Gasteiger charge is 2.21. The molecule has 0 aromatic heterocycles. The molecule has 1 N–H and O–H groups in total. The molecule has 0 radical (unpaired) electrons. The smallest absolute Gasteiger partial charge is 0.293 e. The van der Waals surface area contributed by atoms with Crippen molar-refractivity contribution in [1.82, 2.24) is 0 Å². The topological polar surface area (TPSA) is 81.5 Å². The number of halogens is 1. The summed E-state index contributed by atoms with van der Waals surface area (Å²) in [5.74, 6) is 0.147. The van der Waals surface area contributed by atoms with Gasteiger partial charge in [0.2, 0.25) is 0 Å². The molecule has 0 fully saturated rings. The number of ether oxygens (including phenoxy) is 1. The van der Waals surface area contributed by atoms with Gasteiger partial charge in [-0.25, -0.2) is 0 Å². The van der Waals surface area contributed by atoms with E-state index in [0.717, 1.165) is 15.6 Å². The van der Waals surface area contributed by atoms with E-state index < -0.39 is 10.8 Å². The lowest BCUT2D eigenvalue weighted by Gasteiger charge is -2.23. The van der Waals surface area contributed by atoms with Crippen molar-refractivity contribution in [2.75, 3.05) is 11.9 Å². The predicted octanol–water partition coefficient (Wildman–Crippen LogP) is 4.98. The number of hydrogen-bond acceptors (Lipinski definition) is 4. The van der Waals surface area contributed by atoms with Crippen molar-refractivity contribution in [1.29, 1.82) is 0 Å². The maximum atomic E-state index is 12.2. The molecule has 138 valence electrons. The Kier molecular flexibility index (Phi) is 6.02. The van der Waals surface area contributed by atoms with Gasteiger partial charge in [0.15, 0.2) is 6.61 Å². The van der Waals surface area contributed by atoms with Gasteiger partial charge in [0.25, 0.3) is 11.6 Å². The van der Waals surface area contributed by atoms with Crippen LogP contribution in [-0.4, -0.2) is 17.4 Å². The quantitative estimate of drug-likeness (QED) is 0.545. The molecule has 0 heterocycles. The monoisotopic (exact) mass is 420 g/mol. The molecule has 0 atom stereocenters. The van der Waals surface area contributed by atoms with Gasteiger partial charge >= 0.3 is 0 Å². The molecule has 0 bridgehead atoms. The van der Waals surface area contributed by atoms with Gasteiger partial charge in [-0.05, 0) is 42.2 Å². The van der Waals surface area contributed by atoms with Gasteiger partial charge in [-0.2, -0.15) is 0 Å². The summed E-state index contributed by atoms with van der Waals surface area (Å²) in [6.45, 7) is 7.67. The third-order valence-corrected chi connectivity index (χ3v) is 4.23. The number of nitrogens with zero attached hydrogens (tertiary/aromatic N) is 1. The number of benzene rings is 2. The van der Waals surface area contributed by atoms with E-state index in [1.807, 2.05) is 12.1 Å². The number of amides is 1. The highest BCUT2D eigenvalue weighted by atomic mass is 79.9. The van der Waals surface area contributed by atoms with Gasteiger partial charge in [-0.15, -0.1) is 0 Å². The van der Waals surface area contributed by atoms with Crippen molar-refractivity contribution in [3.05, 3.63) is 62.1 Å². The Morgan fingerprint density at radius 3 is 2.54 bits per heavy atom. The van der Waals surface area contributed by atoms with E-state index in [1.165, 1.54) is 12.1 Å². The van der Waals surface area contributed by atoms with Crippen LogP contribution in [0, 0.1) is 17.0 Å². The molecule has 6 nitrogen and oxygen atoms in total. The fourth-order valence-electron chi connectivity index (χ4n) is 2.44. The first kappa shape index (κ1) is 19.9. The number of nitrogens with one attached hydrogen (secondary N) is 1. The Hall–Kier alpha value is -2.41.